The fourth-order valence-electron chi connectivity index (χ4n) is 1.34. The first kappa shape index (κ1) is 12.3. The van der Waals surface area contributed by atoms with Crippen molar-refractivity contribution >= 4 is 9.47 Å². The summed E-state index contributed by atoms with van der Waals surface area (Å²) in [5, 5.41) is 28.3. The minimum Gasteiger partial charge on any atom is -0.387 e. The van der Waals surface area contributed by atoms with Crippen LogP contribution in [-0.2, 0) is 14.0 Å². The lowest BCUT2D eigenvalue weighted by Crippen LogP contribution is -2.58. The van der Waals surface area contributed by atoms with Gasteiger partial charge in [0.2, 0.25) is 0 Å². The molecule has 14 heavy (non-hydrogen) atoms. The van der Waals surface area contributed by atoms with Gasteiger partial charge in [0.15, 0.2) is 6.29 Å². The fraction of sp³-hybridized carbons (Fsp3) is 1.00. The normalized spacial score (nSPS) is 43.9. The minimum absolute atomic E-state index is 0.0927. The summed E-state index contributed by atoms with van der Waals surface area (Å²) in [5.74, 6) is 0. The summed E-state index contributed by atoms with van der Waals surface area (Å²) in [6.07, 6.45) is -5.39. The van der Waals surface area contributed by atoms with E-state index in [1.54, 1.807) is 0 Å². The van der Waals surface area contributed by atoms with Crippen LogP contribution >= 0.6 is 9.47 Å². The summed E-state index contributed by atoms with van der Waals surface area (Å²) in [6, 6.07) is 0. The third-order valence-electron chi connectivity index (χ3n) is 2.16. The van der Waals surface area contributed by atoms with Crippen molar-refractivity contribution in [1.82, 2.24) is 0 Å². The highest BCUT2D eigenvalue weighted by atomic mass is 31.0. The van der Waals surface area contributed by atoms with Crippen molar-refractivity contribution in [2.75, 3.05) is 13.7 Å². The number of methoxy groups -OCH3 is 1. The van der Waals surface area contributed by atoms with E-state index >= 15 is 0 Å². The van der Waals surface area contributed by atoms with E-state index < -0.39 is 30.7 Å². The number of aliphatic hydroxyl groups is 3. The van der Waals surface area contributed by atoms with Crippen LogP contribution in [0.25, 0.3) is 0 Å². The Kier molecular flexibility index (Phi) is 4.66. The molecule has 0 aliphatic carbocycles. The van der Waals surface area contributed by atoms with Crippen molar-refractivity contribution in [3.8, 4) is 0 Å². The molecule has 6 atom stereocenters. The largest absolute Gasteiger partial charge is 0.387 e. The number of aliphatic hydroxyl groups excluding tert-OH is 3. The topological polar surface area (TPSA) is 88.4 Å². The van der Waals surface area contributed by atoms with Gasteiger partial charge in [0, 0.05) is 16.6 Å². The van der Waals surface area contributed by atoms with Gasteiger partial charge < -0.3 is 29.3 Å². The van der Waals surface area contributed by atoms with Gasteiger partial charge in [-0.25, -0.2) is 0 Å². The van der Waals surface area contributed by atoms with Gasteiger partial charge in [-0.2, -0.15) is 0 Å². The summed E-state index contributed by atoms with van der Waals surface area (Å²) < 4.78 is 14.7. The Labute approximate surface area is 84.1 Å². The third kappa shape index (κ3) is 2.41. The lowest BCUT2D eigenvalue weighted by molar-refractivity contribution is -0.292. The highest BCUT2D eigenvalue weighted by molar-refractivity contribution is 7.09. The van der Waals surface area contributed by atoms with E-state index in [0.717, 1.165) is 0 Å². The van der Waals surface area contributed by atoms with Crippen molar-refractivity contribution < 1.29 is 29.3 Å². The van der Waals surface area contributed by atoms with E-state index in [-0.39, 0.29) is 6.61 Å². The molecule has 1 heterocycles. The minimum atomic E-state index is -1.29. The molecule has 1 aliphatic rings. The fourth-order valence-corrected chi connectivity index (χ4v) is 1.53. The van der Waals surface area contributed by atoms with Crippen molar-refractivity contribution in [1.29, 1.82) is 0 Å². The number of hydrogen-bond donors (Lipinski definition) is 3. The maximum Gasteiger partial charge on any atom is 0.186 e. The van der Waals surface area contributed by atoms with Gasteiger partial charge in [-0.3, -0.25) is 0 Å². The highest BCUT2D eigenvalue weighted by Crippen LogP contribution is 2.22. The molecule has 1 unspecified atom stereocenters. The first-order valence-corrected chi connectivity index (χ1v) is 4.63. The van der Waals surface area contributed by atoms with Crippen LogP contribution in [0.2, 0.25) is 0 Å². The molecule has 0 amide bonds. The predicted molar refractivity (Wildman–Crippen MR) is 49.4 cm³/mol. The zero-order valence-corrected chi connectivity index (χ0v) is 8.89. The smallest absolute Gasteiger partial charge is 0.186 e. The first-order valence-electron chi connectivity index (χ1n) is 4.16. The lowest BCUT2D eigenvalue weighted by Gasteiger charge is -2.39. The Morgan fingerprint density at radius 3 is 2.36 bits per heavy atom. The van der Waals surface area contributed by atoms with Crippen LogP contribution in [-0.4, -0.2) is 59.7 Å². The second-order valence-electron chi connectivity index (χ2n) is 3.08. The summed E-state index contributed by atoms with van der Waals surface area (Å²) in [7, 11) is 3.36. The summed E-state index contributed by atoms with van der Waals surface area (Å²) in [4.78, 5) is 0. The average Bonchev–Trinajstić information content (AvgIpc) is 2.19. The monoisotopic (exact) mass is 226 g/mol. The van der Waals surface area contributed by atoms with Crippen molar-refractivity contribution in [3.05, 3.63) is 0 Å². The van der Waals surface area contributed by atoms with E-state index in [1.807, 2.05) is 9.47 Å². The van der Waals surface area contributed by atoms with Crippen LogP contribution < -0.4 is 0 Å². The molecule has 0 saturated carbocycles. The molecule has 0 aromatic carbocycles. The molecule has 0 radical (unpaired) electrons. The molecule has 3 N–H and O–H groups in total. The molecule has 0 aromatic rings. The molecule has 7 heteroatoms. The van der Waals surface area contributed by atoms with Crippen LogP contribution in [0.15, 0.2) is 0 Å². The molecule has 1 fully saturated rings. The summed E-state index contributed by atoms with van der Waals surface area (Å²) >= 11 is 0. The van der Waals surface area contributed by atoms with Crippen LogP contribution in [0.3, 0.4) is 0 Å². The molecule has 84 valence electrons. The molecular weight excluding hydrogens is 211 g/mol. The standard InChI is InChI=1S/C7H15O6P/c1-11-7-6(10)5(9)4(8)3(13-7)2-12-14/h3-10H,2,14H2,1H3/t3-,4-,5+,6-,7-/m1/s1. The van der Waals surface area contributed by atoms with Gasteiger partial charge in [-0.05, 0) is 0 Å². The van der Waals surface area contributed by atoms with Gasteiger partial charge in [0.25, 0.3) is 0 Å². The molecule has 1 rings (SSSR count). The third-order valence-corrected chi connectivity index (χ3v) is 2.35. The van der Waals surface area contributed by atoms with Crippen LogP contribution in [0.4, 0.5) is 0 Å². The molecule has 0 bridgehead atoms. The quantitative estimate of drug-likeness (QED) is 0.494. The number of rotatable bonds is 3. The second kappa shape index (κ2) is 5.32. The molecule has 1 saturated heterocycles. The zero-order chi connectivity index (χ0) is 10.7. The zero-order valence-electron chi connectivity index (χ0n) is 7.74. The summed E-state index contributed by atoms with van der Waals surface area (Å²) in [6.45, 7) is 0.0927. The maximum atomic E-state index is 9.47. The molecule has 0 spiro atoms. The second-order valence-corrected chi connectivity index (χ2v) is 3.42. The van der Waals surface area contributed by atoms with E-state index in [0.29, 0.717) is 0 Å². The van der Waals surface area contributed by atoms with Gasteiger partial charge in [-0.1, -0.05) is 0 Å². The van der Waals surface area contributed by atoms with Gasteiger partial charge in [-0.15, -0.1) is 0 Å². The van der Waals surface area contributed by atoms with Crippen molar-refractivity contribution in [2.24, 2.45) is 0 Å². The number of hydrogen-bond acceptors (Lipinski definition) is 6. The Bertz CT molecular complexity index is 176. The van der Waals surface area contributed by atoms with Gasteiger partial charge >= 0.3 is 0 Å². The lowest BCUT2D eigenvalue weighted by atomic mass is 9.99. The van der Waals surface area contributed by atoms with Crippen LogP contribution in [0.1, 0.15) is 0 Å². The van der Waals surface area contributed by atoms with E-state index in [1.165, 1.54) is 7.11 Å². The SMILES string of the molecule is CO[C@@H]1O[C@H](COP)[C@@H](O)[C@H](O)[C@H]1O. The van der Waals surface area contributed by atoms with Gasteiger partial charge in [0.05, 0.1) is 6.61 Å². The average molecular weight is 226 g/mol. The molecular formula is C7H15O6P. The highest BCUT2D eigenvalue weighted by Gasteiger charge is 2.43. The maximum absolute atomic E-state index is 9.47. The molecule has 0 aromatic heterocycles. The van der Waals surface area contributed by atoms with Crippen molar-refractivity contribution in [2.45, 2.75) is 30.7 Å². The van der Waals surface area contributed by atoms with Gasteiger partial charge in [0.1, 0.15) is 24.4 Å². The van der Waals surface area contributed by atoms with Crippen LogP contribution in [0, 0.1) is 0 Å². The number of ether oxygens (including phenoxy) is 2. The van der Waals surface area contributed by atoms with E-state index in [2.05, 4.69) is 0 Å². The molecule has 6 nitrogen and oxygen atoms in total. The van der Waals surface area contributed by atoms with E-state index in [4.69, 9.17) is 14.0 Å². The Balaban J connectivity index is 2.63. The first-order chi connectivity index (χ1) is 6.61. The van der Waals surface area contributed by atoms with Crippen molar-refractivity contribution in [3.63, 3.8) is 0 Å². The Morgan fingerprint density at radius 1 is 1.21 bits per heavy atom. The molecule has 1 aliphatic heterocycles. The Morgan fingerprint density at radius 2 is 1.86 bits per heavy atom. The predicted octanol–water partition coefficient (Wildman–Crippen LogP) is -1.75. The Hall–Kier alpha value is 0.190. The van der Waals surface area contributed by atoms with Crippen LogP contribution in [0.5, 0.6) is 0 Å². The van der Waals surface area contributed by atoms with E-state index in [9.17, 15) is 15.3 Å². The summed E-state index contributed by atoms with van der Waals surface area (Å²) in [5.41, 5.74) is 0.